The van der Waals surface area contributed by atoms with E-state index in [0.29, 0.717) is 34.8 Å². The lowest BCUT2D eigenvalue weighted by Crippen LogP contribution is -2.38. The van der Waals surface area contributed by atoms with E-state index in [0.717, 1.165) is 31.6 Å². The molecule has 2 aliphatic heterocycles. The van der Waals surface area contributed by atoms with Gasteiger partial charge in [0.25, 0.3) is 0 Å². The van der Waals surface area contributed by atoms with Crippen LogP contribution in [0.1, 0.15) is 37.3 Å². The van der Waals surface area contributed by atoms with Gasteiger partial charge in [0, 0.05) is 29.6 Å². The van der Waals surface area contributed by atoms with E-state index < -0.39 is 0 Å². The van der Waals surface area contributed by atoms with Gasteiger partial charge in [-0.15, -0.1) is 0 Å². The smallest absolute Gasteiger partial charge is 0.223 e. The van der Waals surface area contributed by atoms with Gasteiger partial charge >= 0.3 is 0 Å². The summed E-state index contributed by atoms with van der Waals surface area (Å²) in [5.41, 5.74) is 2.24. The Morgan fingerprint density at radius 3 is 2.83 bits per heavy atom. The largest absolute Gasteiger partial charge is 0.338 e. The highest BCUT2D eigenvalue weighted by molar-refractivity contribution is 6.35. The average molecular weight is 355 g/mol. The van der Waals surface area contributed by atoms with E-state index in [1.54, 1.807) is 6.07 Å². The van der Waals surface area contributed by atoms with E-state index >= 15 is 0 Å². The molecule has 2 heterocycles. The van der Waals surface area contributed by atoms with E-state index in [1.165, 1.54) is 18.4 Å². The summed E-state index contributed by atoms with van der Waals surface area (Å²) in [7, 11) is 0. The highest BCUT2D eigenvalue weighted by Gasteiger charge is 2.27. The Morgan fingerprint density at radius 2 is 2.09 bits per heavy atom. The van der Waals surface area contributed by atoms with Crippen LogP contribution < -0.4 is 5.32 Å². The van der Waals surface area contributed by atoms with Gasteiger partial charge in [-0.05, 0) is 67.4 Å². The van der Waals surface area contributed by atoms with Crippen LogP contribution in [0.25, 0.3) is 0 Å². The van der Waals surface area contributed by atoms with E-state index in [-0.39, 0.29) is 5.91 Å². The van der Waals surface area contributed by atoms with Gasteiger partial charge in [0.15, 0.2) is 0 Å². The van der Waals surface area contributed by atoms with E-state index in [2.05, 4.69) is 12.2 Å². The second-order valence-electron chi connectivity index (χ2n) is 6.86. The first-order valence-electron chi connectivity index (χ1n) is 8.50. The zero-order valence-corrected chi connectivity index (χ0v) is 15.1. The Labute approximate surface area is 148 Å². The highest BCUT2D eigenvalue weighted by Crippen LogP contribution is 2.31. The Morgan fingerprint density at radius 1 is 1.35 bits per heavy atom. The molecule has 3 nitrogen and oxygen atoms in total. The molecular formula is C18H24Cl2N2O. The van der Waals surface area contributed by atoms with Crippen molar-refractivity contribution in [3.8, 4) is 0 Å². The van der Waals surface area contributed by atoms with Crippen LogP contribution in [0, 0.1) is 11.8 Å². The molecule has 1 amide bonds. The third kappa shape index (κ3) is 4.01. The summed E-state index contributed by atoms with van der Waals surface area (Å²) in [5, 5.41) is 4.74. The fourth-order valence-electron chi connectivity index (χ4n) is 3.78. The van der Waals surface area contributed by atoms with E-state index in [1.807, 2.05) is 11.0 Å². The molecule has 1 unspecified atom stereocenters. The van der Waals surface area contributed by atoms with Crippen LogP contribution in [0.5, 0.6) is 0 Å². The molecule has 1 aromatic carbocycles. The molecule has 23 heavy (non-hydrogen) atoms. The molecule has 0 bridgehead atoms. The van der Waals surface area contributed by atoms with Gasteiger partial charge in [-0.2, -0.15) is 0 Å². The fraction of sp³-hybridized carbons (Fsp3) is 0.611. The second-order valence-corrected chi connectivity index (χ2v) is 7.70. The quantitative estimate of drug-likeness (QED) is 0.892. The van der Waals surface area contributed by atoms with Gasteiger partial charge in [0.2, 0.25) is 5.91 Å². The monoisotopic (exact) mass is 354 g/mol. The van der Waals surface area contributed by atoms with Gasteiger partial charge in [-0.1, -0.05) is 30.1 Å². The number of fused-ring (bicyclic) bond motifs is 1. The molecule has 0 saturated carbocycles. The standard InChI is InChI=1S/C18H24Cl2N2O/c1-12(13-2-5-21-6-3-13)8-18(23)22-7-4-14-9-15(19)10-17(20)16(14)11-22/h9-10,12-13,21H,2-8,11H2,1H3. The summed E-state index contributed by atoms with van der Waals surface area (Å²) in [4.78, 5) is 14.6. The number of piperidine rings is 1. The van der Waals surface area contributed by atoms with Crippen LogP contribution in [0.15, 0.2) is 12.1 Å². The predicted molar refractivity (Wildman–Crippen MR) is 95.0 cm³/mol. The minimum Gasteiger partial charge on any atom is -0.338 e. The number of carbonyl (C=O) groups excluding carboxylic acids is 1. The van der Waals surface area contributed by atoms with Gasteiger partial charge in [-0.3, -0.25) is 4.79 Å². The van der Waals surface area contributed by atoms with Crippen molar-refractivity contribution in [2.45, 2.75) is 39.2 Å². The van der Waals surface area contributed by atoms with Gasteiger partial charge in [0.1, 0.15) is 0 Å². The molecule has 0 aliphatic carbocycles. The maximum absolute atomic E-state index is 12.7. The third-order valence-electron chi connectivity index (χ3n) is 5.29. The van der Waals surface area contributed by atoms with Crippen LogP contribution in [0.2, 0.25) is 10.0 Å². The number of rotatable bonds is 3. The van der Waals surface area contributed by atoms with Crippen molar-refractivity contribution in [2.75, 3.05) is 19.6 Å². The molecule has 1 fully saturated rings. The van der Waals surface area contributed by atoms with E-state index in [9.17, 15) is 4.79 Å². The Balaban J connectivity index is 1.62. The van der Waals surface area contributed by atoms with Crippen molar-refractivity contribution < 1.29 is 4.79 Å². The molecule has 5 heteroatoms. The summed E-state index contributed by atoms with van der Waals surface area (Å²) >= 11 is 12.4. The number of benzene rings is 1. The maximum atomic E-state index is 12.7. The molecule has 1 saturated heterocycles. The topological polar surface area (TPSA) is 32.3 Å². The zero-order valence-electron chi connectivity index (χ0n) is 13.6. The lowest BCUT2D eigenvalue weighted by atomic mass is 9.83. The number of amides is 1. The number of hydrogen-bond acceptors (Lipinski definition) is 2. The number of nitrogens with zero attached hydrogens (tertiary/aromatic N) is 1. The molecule has 126 valence electrons. The van der Waals surface area contributed by atoms with Crippen LogP contribution in [0.4, 0.5) is 0 Å². The summed E-state index contributed by atoms with van der Waals surface area (Å²) in [6.45, 7) is 5.76. The third-order valence-corrected chi connectivity index (χ3v) is 5.85. The summed E-state index contributed by atoms with van der Waals surface area (Å²) in [6.07, 6.45) is 3.84. The Hall–Kier alpha value is -0.770. The minimum atomic E-state index is 0.257. The molecule has 1 aromatic rings. The van der Waals surface area contributed by atoms with Crippen molar-refractivity contribution in [1.29, 1.82) is 0 Å². The van der Waals surface area contributed by atoms with Crippen molar-refractivity contribution >= 4 is 29.1 Å². The van der Waals surface area contributed by atoms with Crippen LogP contribution in [-0.2, 0) is 17.8 Å². The Kier molecular flexibility index (Phi) is 5.50. The highest BCUT2D eigenvalue weighted by atomic mass is 35.5. The van der Waals surface area contributed by atoms with Crippen molar-refractivity contribution in [2.24, 2.45) is 11.8 Å². The molecule has 2 aliphatic rings. The number of hydrogen-bond donors (Lipinski definition) is 1. The van der Waals surface area contributed by atoms with Gasteiger partial charge in [0.05, 0.1) is 0 Å². The summed E-state index contributed by atoms with van der Waals surface area (Å²) in [6, 6.07) is 3.75. The molecular weight excluding hydrogens is 331 g/mol. The normalized spacial score (nSPS) is 20.2. The number of carbonyl (C=O) groups is 1. The van der Waals surface area contributed by atoms with Crippen LogP contribution in [0.3, 0.4) is 0 Å². The summed E-state index contributed by atoms with van der Waals surface area (Å²) < 4.78 is 0. The Bertz CT molecular complexity index is 585. The number of nitrogens with one attached hydrogen (secondary N) is 1. The molecule has 0 spiro atoms. The molecule has 0 radical (unpaired) electrons. The van der Waals surface area contributed by atoms with Gasteiger partial charge < -0.3 is 10.2 Å². The first-order valence-corrected chi connectivity index (χ1v) is 9.25. The van der Waals surface area contributed by atoms with Crippen LogP contribution >= 0.6 is 23.2 Å². The summed E-state index contributed by atoms with van der Waals surface area (Å²) in [5.74, 6) is 1.37. The molecule has 1 N–H and O–H groups in total. The van der Waals surface area contributed by atoms with Crippen molar-refractivity contribution in [3.63, 3.8) is 0 Å². The van der Waals surface area contributed by atoms with E-state index in [4.69, 9.17) is 23.2 Å². The first kappa shape index (κ1) is 17.1. The zero-order chi connectivity index (χ0) is 16.4. The van der Waals surface area contributed by atoms with Crippen molar-refractivity contribution in [1.82, 2.24) is 10.2 Å². The minimum absolute atomic E-state index is 0.257. The SMILES string of the molecule is CC(CC(=O)N1CCc2cc(Cl)cc(Cl)c2C1)C1CCNCC1. The first-order chi connectivity index (χ1) is 11.0. The molecule has 0 aromatic heterocycles. The molecule has 3 rings (SSSR count). The fourth-order valence-corrected chi connectivity index (χ4v) is 4.37. The van der Waals surface area contributed by atoms with Crippen LogP contribution in [-0.4, -0.2) is 30.4 Å². The van der Waals surface area contributed by atoms with Gasteiger partial charge in [-0.25, -0.2) is 0 Å². The van der Waals surface area contributed by atoms with Crippen molar-refractivity contribution in [3.05, 3.63) is 33.3 Å². The predicted octanol–water partition coefficient (Wildman–Crippen LogP) is 3.90. The second kappa shape index (κ2) is 7.42. The lowest BCUT2D eigenvalue weighted by Gasteiger charge is -2.33. The average Bonchev–Trinajstić information content (AvgIpc) is 2.55. The lowest BCUT2D eigenvalue weighted by molar-refractivity contribution is -0.133. The molecule has 1 atom stereocenters. The number of halogens is 2. The maximum Gasteiger partial charge on any atom is 0.223 e.